The van der Waals surface area contributed by atoms with Crippen molar-refractivity contribution in [2.75, 3.05) is 25.1 Å². The third kappa shape index (κ3) is 3.70. The largest absolute Gasteiger partial charge is 0.466 e. The molecule has 0 radical (unpaired) electrons. The predicted octanol–water partition coefficient (Wildman–Crippen LogP) is 1.99. The van der Waals surface area contributed by atoms with Gasteiger partial charge in [0, 0.05) is 23.9 Å². The van der Waals surface area contributed by atoms with E-state index in [4.69, 9.17) is 26.2 Å². The third-order valence-corrected chi connectivity index (χ3v) is 6.78. The topological polar surface area (TPSA) is 105 Å². The molecule has 3 fully saturated rings. The molecule has 3 heterocycles. The number of amides is 2. The molecule has 4 rings (SSSR count). The number of aliphatic hydroxyl groups is 1. The smallest absolute Gasteiger partial charge is 0.312 e. The Kier molecular flexibility index (Phi) is 6.23. The van der Waals surface area contributed by atoms with Crippen LogP contribution in [0.2, 0.25) is 5.02 Å². The fraction of sp³-hybridized carbons (Fsp3) is 0.591. The van der Waals surface area contributed by atoms with E-state index in [1.807, 2.05) is 0 Å². The number of carbonyl (C=O) groups excluding carboxylic acids is 3. The number of ether oxygens (including phenoxy) is 2. The van der Waals surface area contributed by atoms with Gasteiger partial charge in [-0.1, -0.05) is 11.6 Å². The normalized spacial score (nSPS) is 31.1. The quantitative estimate of drug-likeness (QED) is 0.463. The fourth-order valence-electron chi connectivity index (χ4n) is 5.34. The highest BCUT2D eigenvalue weighted by atomic mass is 35.5. The van der Waals surface area contributed by atoms with Crippen molar-refractivity contribution in [2.45, 2.75) is 50.4 Å². The van der Waals surface area contributed by atoms with Gasteiger partial charge in [-0.05, 0) is 56.9 Å². The minimum Gasteiger partial charge on any atom is -0.466 e. The first kappa shape index (κ1) is 22.0. The summed E-state index contributed by atoms with van der Waals surface area (Å²) in [4.78, 5) is 41.1. The minimum absolute atomic E-state index is 0.00225. The zero-order valence-electron chi connectivity index (χ0n) is 17.4. The molecule has 3 aliphatic heterocycles. The van der Waals surface area contributed by atoms with Crippen LogP contribution < -0.4 is 5.32 Å². The first-order chi connectivity index (χ1) is 14.9. The fourth-order valence-corrected chi connectivity index (χ4v) is 5.46. The lowest BCUT2D eigenvalue weighted by Gasteiger charge is -2.33. The number of nitrogens with zero attached hydrogens (tertiary/aromatic N) is 1. The maximum Gasteiger partial charge on any atom is 0.312 e. The number of hydrogen-bond donors (Lipinski definition) is 2. The van der Waals surface area contributed by atoms with Crippen LogP contribution in [-0.2, 0) is 23.9 Å². The SMILES string of the molecule is CCOC(=O)[C@@H]1[C@@H]2CCC3(O2)C(C(=O)Nc2ccc(Cl)cc2)N(CCCCO)C(=O)[C@H]13. The van der Waals surface area contributed by atoms with Crippen molar-refractivity contribution in [3.63, 3.8) is 0 Å². The molecule has 31 heavy (non-hydrogen) atoms. The molecule has 0 saturated carbocycles. The number of aliphatic hydroxyl groups excluding tert-OH is 1. The predicted molar refractivity (Wildman–Crippen MR) is 112 cm³/mol. The van der Waals surface area contributed by atoms with Gasteiger partial charge in [0.1, 0.15) is 11.6 Å². The van der Waals surface area contributed by atoms with Crippen LogP contribution in [0.3, 0.4) is 0 Å². The van der Waals surface area contributed by atoms with E-state index in [1.165, 1.54) is 4.90 Å². The molecule has 3 saturated heterocycles. The second-order valence-corrected chi connectivity index (χ2v) is 8.70. The van der Waals surface area contributed by atoms with E-state index >= 15 is 0 Å². The number of likely N-dealkylation sites (tertiary alicyclic amines) is 1. The summed E-state index contributed by atoms with van der Waals surface area (Å²) in [6.45, 7) is 2.25. The van der Waals surface area contributed by atoms with Gasteiger partial charge in [0.25, 0.3) is 0 Å². The summed E-state index contributed by atoms with van der Waals surface area (Å²) in [7, 11) is 0. The zero-order valence-corrected chi connectivity index (χ0v) is 18.1. The maximum absolute atomic E-state index is 13.5. The number of fused-ring (bicyclic) bond motifs is 1. The summed E-state index contributed by atoms with van der Waals surface area (Å²) in [6, 6.07) is 5.87. The molecule has 2 bridgehead atoms. The molecule has 1 aromatic carbocycles. The van der Waals surface area contributed by atoms with Crippen LogP contribution in [0, 0.1) is 11.8 Å². The number of rotatable bonds is 8. The minimum atomic E-state index is -1.05. The zero-order chi connectivity index (χ0) is 22.2. The molecule has 0 aliphatic carbocycles. The van der Waals surface area contributed by atoms with Gasteiger partial charge in [0.15, 0.2) is 0 Å². The Labute approximate surface area is 185 Å². The molecule has 1 spiro atoms. The van der Waals surface area contributed by atoms with Gasteiger partial charge in [-0.15, -0.1) is 0 Å². The van der Waals surface area contributed by atoms with Crippen molar-refractivity contribution in [3.8, 4) is 0 Å². The highest BCUT2D eigenvalue weighted by Crippen LogP contribution is 2.58. The second kappa shape index (κ2) is 8.76. The van der Waals surface area contributed by atoms with E-state index in [0.717, 1.165) is 0 Å². The van der Waals surface area contributed by atoms with Gasteiger partial charge in [-0.2, -0.15) is 0 Å². The first-order valence-corrected chi connectivity index (χ1v) is 11.1. The van der Waals surface area contributed by atoms with Crippen LogP contribution in [-0.4, -0.2) is 65.3 Å². The van der Waals surface area contributed by atoms with Crippen molar-refractivity contribution in [1.82, 2.24) is 4.90 Å². The lowest BCUT2D eigenvalue weighted by molar-refractivity contribution is -0.154. The van der Waals surface area contributed by atoms with E-state index < -0.39 is 35.6 Å². The van der Waals surface area contributed by atoms with Crippen LogP contribution in [0.5, 0.6) is 0 Å². The van der Waals surface area contributed by atoms with Crippen LogP contribution in [0.25, 0.3) is 0 Å². The van der Waals surface area contributed by atoms with E-state index in [0.29, 0.717) is 42.9 Å². The van der Waals surface area contributed by atoms with Crippen LogP contribution in [0.1, 0.15) is 32.6 Å². The molecule has 0 aromatic heterocycles. The maximum atomic E-state index is 13.5. The molecule has 5 atom stereocenters. The lowest BCUT2D eigenvalue weighted by atomic mass is 9.71. The van der Waals surface area contributed by atoms with Gasteiger partial charge >= 0.3 is 5.97 Å². The Morgan fingerprint density at radius 1 is 1.32 bits per heavy atom. The lowest BCUT2D eigenvalue weighted by Crippen LogP contribution is -2.53. The molecule has 1 aromatic rings. The summed E-state index contributed by atoms with van der Waals surface area (Å²) < 4.78 is 11.5. The Bertz CT molecular complexity index is 862. The van der Waals surface area contributed by atoms with Crippen molar-refractivity contribution < 1.29 is 29.0 Å². The first-order valence-electron chi connectivity index (χ1n) is 10.7. The van der Waals surface area contributed by atoms with Gasteiger partial charge in [-0.25, -0.2) is 0 Å². The van der Waals surface area contributed by atoms with Gasteiger partial charge < -0.3 is 24.8 Å². The van der Waals surface area contributed by atoms with Crippen LogP contribution in [0.15, 0.2) is 24.3 Å². The number of unbranched alkanes of at least 4 members (excludes halogenated alkanes) is 1. The highest BCUT2D eigenvalue weighted by Gasteiger charge is 2.74. The summed E-state index contributed by atoms with van der Waals surface area (Å²) >= 11 is 5.93. The molecule has 2 N–H and O–H groups in total. The number of esters is 1. The molecule has 8 nitrogen and oxygen atoms in total. The van der Waals surface area contributed by atoms with Crippen LogP contribution in [0.4, 0.5) is 5.69 Å². The summed E-state index contributed by atoms with van der Waals surface area (Å²) in [5.41, 5.74) is -0.485. The summed E-state index contributed by atoms with van der Waals surface area (Å²) in [5.74, 6) is -2.49. The molecule has 9 heteroatoms. The summed E-state index contributed by atoms with van der Waals surface area (Å²) in [5, 5.41) is 12.6. The number of anilines is 1. The molecule has 2 amide bonds. The Morgan fingerprint density at radius 2 is 2.06 bits per heavy atom. The van der Waals surface area contributed by atoms with Gasteiger partial charge in [0.2, 0.25) is 11.8 Å². The number of benzene rings is 1. The number of halogens is 1. The highest BCUT2D eigenvalue weighted by molar-refractivity contribution is 6.30. The Hall–Kier alpha value is -2.16. The molecule has 2 unspecified atom stereocenters. The molecule has 3 aliphatic rings. The average Bonchev–Trinajstić information content (AvgIpc) is 3.38. The van der Waals surface area contributed by atoms with E-state index in [-0.39, 0.29) is 25.0 Å². The standard InChI is InChI=1S/C22H27ClN2O6/c1-2-30-21(29)16-15-9-10-22(31-15)17(16)20(28)25(11-3-4-12-26)18(22)19(27)24-14-7-5-13(23)6-8-14/h5-8,15-18,26H,2-4,9-12H2,1H3,(H,24,27)/t15-,16+,17-,18?,22?/m0/s1. The Balaban J connectivity index is 1.65. The van der Waals surface area contributed by atoms with E-state index in [1.54, 1.807) is 31.2 Å². The molecular weight excluding hydrogens is 424 g/mol. The van der Waals surface area contributed by atoms with Crippen LogP contribution >= 0.6 is 11.6 Å². The van der Waals surface area contributed by atoms with Crippen molar-refractivity contribution >= 4 is 35.1 Å². The third-order valence-electron chi connectivity index (χ3n) is 6.53. The Morgan fingerprint density at radius 3 is 2.74 bits per heavy atom. The number of hydrogen-bond acceptors (Lipinski definition) is 6. The molecule has 168 valence electrons. The molecular formula is C22H27ClN2O6. The van der Waals surface area contributed by atoms with E-state index in [2.05, 4.69) is 5.32 Å². The monoisotopic (exact) mass is 450 g/mol. The number of carbonyl (C=O) groups is 3. The van der Waals surface area contributed by atoms with E-state index in [9.17, 15) is 14.4 Å². The number of nitrogens with one attached hydrogen (secondary N) is 1. The van der Waals surface area contributed by atoms with Crippen molar-refractivity contribution in [1.29, 1.82) is 0 Å². The second-order valence-electron chi connectivity index (χ2n) is 8.27. The van der Waals surface area contributed by atoms with Gasteiger partial charge in [0.05, 0.1) is 24.5 Å². The van der Waals surface area contributed by atoms with Crippen molar-refractivity contribution in [2.24, 2.45) is 11.8 Å². The van der Waals surface area contributed by atoms with Crippen molar-refractivity contribution in [3.05, 3.63) is 29.3 Å². The summed E-state index contributed by atoms with van der Waals surface area (Å²) in [6.07, 6.45) is 1.77. The van der Waals surface area contributed by atoms with Gasteiger partial charge in [-0.3, -0.25) is 14.4 Å². The average molecular weight is 451 g/mol.